The normalized spacial score (nSPS) is 23.7. The van der Waals surface area contributed by atoms with E-state index in [0.29, 0.717) is 18.5 Å². The van der Waals surface area contributed by atoms with Crippen LogP contribution in [0.25, 0.3) is 10.9 Å². The quantitative estimate of drug-likeness (QED) is 0.838. The molecule has 2 N–H and O–H groups in total. The van der Waals surface area contributed by atoms with Crippen LogP contribution in [0, 0.1) is 6.92 Å². The first kappa shape index (κ1) is 17.6. The minimum Gasteiger partial charge on any atom is -0.381 e. The van der Waals surface area contributed by atoms with E-state index in [2.05, 4.69) is 52.5 Å². The topological polar surface area (TPSA) is 55.3 Å². The second-order valence-corrected chi connectivity index (χ2v) is 7.66. The Morgan fingerprint density at radius 3 is 2.69 bits per heavy atom. The Labute approximate surface area is 155 Å². The standard InChI is InChI=1S/C21H29N3O2/c1-15-14-16-4-2-3-5-20(16)24(15)11-8-21(25)23-19-7-6-18(19)22-17-9-12-26-13-10-17/h2-5,14,17-19,22H,6-13H2,1H3,(H,23,25)/t18-,19+/m1/s1. The van der Waals surface area contributed by atoms with Gasteiger partial charge in [0.1, 0.15) is 0 Å². The molecule has 2 fully saturated rings. The zero-order valence-electron chi connectivity index (χ0n) is 15.5. The Kier molecular flexibility index (Phi) is 5.27. The first-order valence-corrected chi connectivity index (χ1v) is 9.89. The number of nitrogens with zero attached hydrogens (tertiary/aromatic N) is 1. The number of ether oxygens (including phenoxy) is 1. The number of carbonyl (C=O) groups is 1. The molecule has 140 valence electrons. The Hall–Kier alpha value is -1.85. The van der Waals surface area contributed by atoms with Crippen molar-refractivity contribution in [1.29, 1.82) is 0 Å². The van der Waals surface area contributed by atoms with E-state index >= 15 is 0 Å². The van der Waals surface area contributed by atoms with Gasteiger partial charge in [-0.3, -0.25) is 4.79 Å². The highest BCUT2D eigenvalue weighted by Crippen LogP contribution is 2.23. The molecule has 1 aromatic heterocycles. The van der Waals surface area contributed by atoms with Crippen molar-refractivity contribution in [2.24, 2.45) is 0 Å². The number of carbonyl (C=O) groups excluding carboxylic acids is 1. The van der Waals surface area contributed by atoms with Gasteiger partial charge in [-0.1, -0.05) is 18.2 Å². The van der Waals surface area contributed by atoms with Crippen LogP contribution in [0.5, 0.6) is 0 Å². The van der Waals surface area contributed by atoms with Crippen molar-refractivity contribution in [2.75, 3.05) is 13.2 Å². The number of hydrogen-bond donors (Lipinski definition) is 2. The lowest BCUT2D eigenvalue weighted by Crippen LogP contribution is -2.59. The predicted octanol–water partition coefficient (Wildman–Crippen LogP) is 2.76. The van der Waals surface area contributed by atoms with Crippen LogP contribution in [-0.4, -0.2) is 41.8 Å². The van der Waals surface area contributed by atoms with E-state index in [1.54, 1.807) is 0 Å². The van der Waals surface area contributed by atoms with E-state index in [1.807, 2.05) is 0 Å². The summed E-state index contributed by atoms with van der Waals surface area (Å²) in [5.74, 6) is 0.158. The maximum absolute atomic E-state index is 12.5. The van der Waals surface area contributed by atoms with Crippen LogP contribution in [0.1, 0.15) is 37.8 Å². The number of fused-ring (bicyclic) bond motifs is 1. The number of aromatic nitrogens is 1. The highest BCUT2D eigenvalue weighted by molar-refractivity contribution is 5.82. The van der Waals surface area contributed by atoms with Crippen LogP contribution in [-0.2, 0) is 16.1 Å². The van der Waals surface area contributed by atoms with Crippen molar-refractivity contribution in [2.45, 2.75) is 63.7 Å². The first-order valence-electron chi connectivity index (χ1n) is 9.89. The SMILES string of the molecule is Cc1cc2ccccc2n1CCC(=O)N[C@H]1CC[C@H]1NC1CCOCC1. The third-order valence-corrected chi connectivity index (χ3v) is 5.87. The average Bonchev–Trinajstić information content (AvgIpc) is 2.97. The molecule has 2 aliphatic rings. The Balaban J connectivity index is 1.28. The zero-order valence-corrected chi connectivity index (χ0v) is 15.5. The summed E-state index contributed by atoms with van der Waals surface area (Å²) < 4.78 is 7.66. The van der Waals surface area contributed by atoms with Crippen LogP contribution >= 0.6 is 0 Å². The second kappa shape index (κ2) is 7.80. The van der Waals surface area contributed by atoms with Crippen molar-refractivity contribution in [1.82, 2.24) is 15.2 Å². The fourth-order valence-corrected chi connectivity index (χ4v) is 4.18. The van der Waals surface area contributed by atoms with Crippen molar-refractivity contribution >= 4 is 16.8 Å². The molecule has 4 rings (SSSR count). The van der Waals surface area contributed by atoms with Gasteiger partial charge in [-0.05, 0) is 50.1 Å². The lowest BCUT2D eigenvalue weighted by molar-refractivity contribution is -0.122. The number of rotatable bonds is 6. The summed E-state index contributed by atoms with van der Waals surface area (Å²) in [7, 11) is 0. The molecule has 0 bridgehead atoms. The molecule has 0 radical (unpaired) electrons. The third kappa shape index (κ3) is 3.79. The van der Waals surface area contributed by atoms with Gasteiger partial charge >= 0.3 is 0 Å². The smallest absolute Gasteiger partial charge is 0.222 e. The van der Waals surface area contributed by atoms with E-state index < -0.39 is 0 Å². The average molecular weight is 355 g/mol. The van der Waals surface area contributed by atoms with Gasteiger partial charge in [-0.15, -0.1) is 0 Å². The highest BCUT2D eigenvalue weighted by Gasteiger charge is 2.33. The lowest BCUT2D eigenvalue weighted by Gasteiger charge is -2.41. The van der Waals surface area contributed by atoms with E-state index in [-0.39, 0.29) is 11.9 Å². The van der Waals surface area contributed by atoms with Gasteiger partial charge in [0.2, 0.25) is 5.91 Å². The summed E-state index contributed by atoms with van der Waals surface area (Å²) >= 11 is 0. The molecule has 2 aromatic rings. The second-order valence-electron chi connectivity index (χ2n) is 7.66. The van der Waals surface area contributed by atoms with E-state index in [9.17, 15) is 4.79 Å². The lowest BCUT2D eigenvalue weighted by atomic mass is 9.85. The molecule has 0 unspecified atom stereocenters. The maximum Gasteiger partial charge on any atom is 0.222 e. The maximum atomic E-state index is 12.5. The monoisotopic (exact) mass is 355 g/mol. The third-order valence-electron chi connectivity index (χ3n) is 5.87. The van der Waals surface area contributed by atoms with Gasteiger partial charge in [-0.2, -0.15) is 0 Å². The van der Waals surface area contributed by atoms with Gasteiger partial charge in [0, 0.05) is 55.5 Å². The molecular weight excluding hydrogens is 326 g/mol. The number of benzene rings is 1. The van der Waals surface area contributed by atoms with Gasteiger partial charge in [0.15, 0.2) is 0 Å². The number of amides is 1. The van der Waals surface area contributed by atoms with Gasteiger partial charge < -0.3 is 19.9 Å². The van der Waals surface area contributed by atoms with Crippen molar-refractivity contribution in [3.05, 3.63) is 36.0 Å². The van der Waals surface area contributed by atoms with Crippen LogP contribution in [0.2, 0.25) is 0 Å². The molecule has 1 amide bonds. The summed E-state index contributed by atoms with van der Waals surface area (Å²) in [5.41, 5.74) is 2.42. The molecule has 5 nitrogen and oxygen atoms in total. The molecule has 1 saturated heterocycles. The van der Waals surface area contributed by atoms with Crippen LogP contribution in [0.15, 0.2) is 30.3 Å². The number of aryl methyl sites for hydroxylation is 2. The first-order chi connectivity index (χ1) is 12.7. The molecule has 1 aliphatic carbocycles. The summed E-state index contributed by atoms with van der Waals surface area (Å²) in [5, 5.41) is 8.19. The summed E-state index contributed by atoms with van der Waals surface area (Å²) in [6.07, 6.45) is 4.93. The number of para-hydroxylation sites is 1. The van der Waals surface area contributed by atoms with Crippen molar-refractivity contribution in [3.63, 3.8) is 0 Å². The van der Waals surface area contributed by atoms with Crippen molar-refractivity contribution in [3.8, 4) is 0 Å². The largest absolute Gasteiger partial charge is 0.381 e. The predicted molar refractivity (Wildman–Crippen MR) is 103 cm³/mol. The fourth-order valence-electron chi connectivity index (χ4n) is 4.18. The molecule has 1 aliphatic heterocycles. The molecule has 2 heterocycles. The molecule has 26 heavy (non-hydrogen) atoms. The number of hydrogen-bond acceptors (Lipinski definition) is 3. The van der Waals surface area contributed by atoms with Crippen LogP contribution in [0.4, 0.5) is 0 Å². The number of nitrogens with one attached hydrogen (secondary N) is 2. The molecule has 0 spiro atoms. The fraction of sp³-hybridized carbons (Fsp3) is 0.571. The Bertz CT molecular complexity index is 764. The Morgan fingerprint density at radius 2 is 1.92 bits per heavy atom. The van der Waals surface area contributed by atoms with Crippen molar-refractivity contribution < 1.29 is 9.53 Å². The van der Waals surface area contributed by atoms with E-state index in [4.69, 9.17) is 4.74 Å². The van der Waals surface area contributed by atoms with Crippen LogP contribution in [0.3, 0.4) is 0 Å². The summed E-state index contributed by atoms with van der Waals surface area (Å²) in [6, 6.07) is 11.8. The molecule has 1 aromatic carbocycles. The molecule has 5 heteroatoms. The molecular formula is C21H29N3O2. The molecule has 2 atom stereocenters. The molecule has 1 saturated carbocycles. The zero-order chi connectivity index (χ0) is 17.9. The Morgan fingerprint density at radius 1 is 1.15 bits per heavy atom. The van der Waals surface area contributed by atoms with Gasteiger partial charge in [0.05, 0.1) is 0 Å². The van der Waals surface area contributed by atoms with E-state index in [0.717, 1.165) is 45.4 Å². The highest BCUT2D eigenvalue weighted by atomic mass is 16.5. The van der Waals surface area contributed by atoms with Gasteiger partial charge in [0.25, 0.3) is 0 Å². The summed E-state index contributed by atoms with van der Waals surface area (Å²) in [6.45, 7) is 4.55. The van der Waals surface area contributed by atoms with E-state index in [1.165, 1.54) is 16.6 Å². The van der Waals surface area contributed by atoms with Crippen LogP contribution < -0.4 is 10.6 Å². The summed E-state index contributed by atoms with van der Waals surface area (Å²) in [4.78, 5) is 12.5. The van der Waals surface area contributed by atoms with Gasteiger partial charge in [-0.25, -0.2) is 0 Å². The minimum atomic E-state index is 0.158. The minimum absolute atomic E-state index is 0.158.